The number of aromatic nitrogens is 5. The molecule has 0 spiro atoms. The molecule has 0 radical (unpaired) electrons. The van der Waals surface area contributed by atoms with Gasteiger partial charge in [-0.3, -0.25) is 4.40 Å². The molecular weight excluding hydrogens is 443 g/mol. The number of piperazine rings is 1. The first-order chi connectivity index (χ1) is 15.8. The van der Waals surface area contributed by atoms with Gasteiger partial charge < -0.3 is 15.5 Å². The van der Waals surface area contributed by atoms with Gasteiger partial charge in [-0.05, 0) is 25.0 Å². The van der Waals surface area contributed by atoms with Gasteiger partial charge in [0, 0.05) is 61.6 Å². The van der Waals surface area contributed by atoms with E-state index < -0.39 is 0 Å². The first-order valence-corrected chi connectivity index (χ1v) is 11.3. The fourth-order valence-corrected chi connectivity index (χ4v) is 4.89. The molecule has 4 aromatic rings. The fourth-order valence-electron chi connectivity index (χ4n) is 4.89. The van der Waals surface area contributed by atoms with Gasteiger partial charge in [0.2, 0.25) is 5.95 Å². The van der Waals surface area contributed by atoms with Crippen LogP contribution < -0.4 is 15.5 Å². The molecule has 172 valence electrons. The molecule has 0 unspecified atom stereocenters. The lowest BCUT2D eigenvalue weighted by Crippen LogP contribution is -2.43. The summed E-state index contributed by atoms with van der Waals surface area (Å²) in [4.78, 5) is 20.2. The largest absolute Gasteiger partial charge is 0.365 e. The van der Waals surface area contributed by atoms with Crippen molar-refractivity contribution in [2.24, 2.45) is 0 Å². The molecule has 6 rings (SSSR count). The molecule has 5 heterocycles. The molecule has 1 saturated carbocycles. The van der Waals surface area contributed by atoms with Crippen LogP contribution in [0.3, 0.4) is 0 Å². The van der Waals surface area contributed by atoms with Crippen molar-refractivity contribution in [3.63, 3.8) is 0 Å². The third-order valence-electron chi connectivity index (χ3n) is 6.54. The first-order valence-electron chi connectivity index (χ1n) is 11.3. The van der Waals surface area contributed by atoms with E-state index >= 15 is 0 Å². The van der Waals surface area contributed by atoms with E-state index in [0.717, 1.165) is 42.9 Å². The van der Waals surface area contributed by atoms with Crippen molar-refractivity contribution in [1.82, 2.24) is 29.7 Å². The summed E-state index contributed by atoms with van der Waals surface area (Å²) in [5.74, 6) is 0.980. The van der Waals surface area contributed by atoms with Crippen LogP contribution >= 0.6 is 12.4 Å². The molecule has 0 amide bonds. The number of anilines is 3. The van der Waals surface area contributed by atoms with Crippen LogP contribution in [-0.4, -0.2) is 50.5 Å². The van der Waals surface area contributed by atoms with Crippen molar-refractivity contribution in [1.29, 1.82) is 0 Å². The van der Waals surface area contributed by atoms with Crippen LogP contribution in [-0.2, 0) is 0 Å². The Morgan fingerprint density at radius 1 is 1.00 bits per heavy atom. The minimum absolute atomic E-state index is 0. The topological polar surface area (TPSA) is 83.3 Å². The Kier molecular flexibility index (Phi) is 5.99. The lowest BCUT2D eigenvalue weighted by atomic mass is 10.1. The summed E-state index contributed by atoms with van der Waals surface area (Å²) in [5.41, 5.74) is 3.42. The predicted octanol–water partition coefficient (Wildman–Crippen LogP) is 4.04. The molecule has 0 atom stereocenters. The minimum atomic E-state index is -0.300. The highest BCUT2D eigenvalue weighted by Gasteiger charge is 2.22. The summed E-state index contributed by atoms with van der Waals surface area (Å²) >= 11 is 0. The Bertz CT molecular complexity index is 1280. The Labute approximate surface area is 197 Å². The van der Waals surface area contributed by atoms with Crippen molar-refractivity contribution in [3.8, 4) is 0 Å². The van der Waals surface area contributed by atoms with Crippen LogP contribution in [0.2, 0.25) is 0 Å². The highest BCUT2D eigenvalue weighted by molar-refractivity contribution is 5.85. The zero-order valence-electron chi connectivity index (χ0n) is 18.2. The molecule has 10 heteroatoms. The van der Waals surface area contributed by atoms with Gasteiger partial charge in [0.15, 0.2) is 11.5 Å². The van der Waals surface area contributed by atoms with Gasteiger partial charge in [-0.15, -0.1) is 12.4 Å². The zero-order chi connectivity index (χ0) is 21.5. The molecule has 8 nitrogen and oxygen atoms in total. The lowest BCUT2D eigenvalue weighted by Gasteiger charge is -2.29. The highest BCUT2D eigenvalue weighted by Crippen LogP contribution is 2.35. The molecule has 2 N–H and O–H groups in total. The van der Waals surface area contributed by atoms with Gasteiger partial charge in [0.1, 0.15) is 11.5 Å². The second kappa shape index (κ2) is 9.07. The first kappa shape index (κ1) is 21.8. The Hall–Kier alpha value is -3.04. The van der Waals surface area contributed by atoms with Gasteiger partial charge in [-0.2, -0.15) is 4.98 Å². The van der Waals surface area contributed by atoms with Crippen molar-refractivity contribution in [2.45, 2.75) is 31.6 Å². The number of nitrogens with zero attached hydrogens (tertiary/aromatic N) is 6. The number of halogens is 2. The Morgan fingerprint density at radius 2 is 1.82 bits per heavy atom. The summed E-state index contributed by atoms with van der Waals surface area (Å²) in [6.07, 6.45) is 10.2. The average Bonchev–Trinajstić information content (AvgIpc) is 3.50. The number of hydrogen-bond donors (Lipinski definition) is 2. The van der Waals surface area contributed by atoms with Crippen LogP contribution in [0, 0.1) is 5.82 Å². The number of nitrogens with one attached hydrogen (secondary N) is 2. The maximum atomic E-state index is 14.8. The van der Waals surface area contributed by atoms with E-state index in [1.165, 1.54) is 37.4 Å². The van der Waals surface area contributed by atoms with E-state index in [1.54, 1.807) is 12.4 Å². The quantitative estimate of drug-likeness (QED) is 0.467. The lowest BCUT2D eigenvalue weighted by molar-refractivity contribution is 0.565. The maximum absolute atomic E-state index is 14.8. The summed E-state index contributed by atoms with van der Waals surface area (Å²) in [6.45, 7) is 3.22. The molecule has 1 aliphatic carbocycles. The number of hydrogen-bond acceptors (Lipinski definition) is 7. The van der Waals surface area contributed by atoms with Crippen molar-refractivity contribution in [2.75, 3.05) is 36.4 Å². The smallest absolute Gasteiger partial charge is 0.230 e. The highest BCUT2D eigenvalue weighted by atomic mass is 35.5. The van der Waals surface area contributed by atoms with Gasteiger partial charge >= 0.3 is 0 Å². The molecule has 0 aromatic carbocycles. The molecule has 2 fully saturated rings. The second-order valence-electron chi connectivity index (χ2n) is 8.55. The van der Waals surface area contributed by atoms with E-state index in [0.29, 0.717) is 23.4 Å². The van der Waals surface area contributed by atoms with Crippen molar-refractivity contribution in [3.05, 3.63) is 48.3 Å². The number of fused-ring (bicyclic) bond motifs is 3. The summed E-state index contributed by atoms with van der Waals surface area (Å²) < 4.78 is 16.9. The van der Waals surface area contributed by atoms with E-state index in [4.69, 9.17) is 4.98 Å². The molecule has 0 bridgehead atoms. The van der Waals surface area contributed by atoms with E-state index in [1.807, 2.05) is 23.2 Å². The summed E-state index contributed by atoms with van der Waals surface area (Å²) in [7, 11) is 0. The predicted molar refractivity (Wildman–Crippen MR) is 129 cm³/mol. The number of imidazole rings is 1. The molecule has 2 aliphatic rings. The molecule has 4 aromatic heterocycles. The third-order valence-corrected chi connectivity index (χ3v) is 6.54. The Balaban J connectivity index is 0.00000228. The van der Waals surface area contributed by atoms with Crippen LogP contribution in [0.4, 0.5) is 21.8 Å². The number of pyridine rings is 2. The van der Waals surface area contributed by atoms with Crippen molar-refractivity contribution >= 4 is 46.5 Å². The van der Waals surface area contributed by atoms with E-state index in [-0.39, 0.29) is 18.2 Å². The van der Waals surface area contributed by atoms with E-state index in [9.17, 15) is 4.39 Å². The standard InChI is InChI=1S/C23H25FN8.ClH/c24-17-11-20(26-14-19(17)31-9-7-25-8-10-31)29-23-28-12-16-5-6-21-27-13-18(15-3-1-2-4-15)32(21)22(16)30-23;/h5-6,11-15,25H,1-4,7-10H2,(H,26,28,29,30);1H. The third kappa shape index (κ3) is 4.06. The number of rotatable bonds is 4. The molecule has 33 heavy (non-hydrogen) atoms. The normalized spacial score (nSPS) is 16.9. The van der Waals surface area contributed by atoms with Gasteiger partial charge in [-0.25, -0.2) is 19.3 Å². The fraction of sp³-hybridized carbons (Fsp3) is 0.391. The second-order valence-corrected chi connectivity index (χ2v) is 8.55. The molecule has 1 saturated heterocycles. The minimum Gasteiger partial charge on any atom is -0.365 e. The van der Waals surface area contributed by atoms with Gasteiger partial charge in [0.25, 0.3) is 0 Å². The molecular formula is C23H26ClFN8. The van der Waals surface area contributed by atoms with Crippen LogP contribution in [0.25, 0.3) is 16.7 Å². The molecule has 1 aliphatic heterocycles. The van der Waals surface area contributed by atoms with Crippen molar-refractivity contribution < 1.29 is 4.39 Å². The van der Waals surface area contributed by atoms with Crippen LogP contribution in [0.1, 0.15) is 37.3 Å². The van der Waals surface area contributed by atoms with E-state index in [2.05, 4.69) is 30.0 Å². The van der Waals surface area contributed by atoms with Gasteiger partial charge in [0.05, 0.1) is 11.9 Å². The Morgan fingerprint density at radius 3 is 2.61 bits per heavy atom. The zero-order valence-corrected chi connectivity index (χ0v) is 19.0. The summed E-state index contributed by atoms with van der Waals surface area (Å²) in [6, 6.07) is 5.40. The van der Waals surface area contributed by atoms with Crippen LogP contribution in [0.5, 0.6) is 0 Å². The van der Waals surface area contributed by atoms with Gasteiger partial charge in [-0.1, -0.05) is 12.8 Å². The maximum Gasteiger partial charge on any atom is 0.230 e. The summed E-state index contributed by atoms with van der Waals surface area (Å²) in [5, 5.41) is 7.29. The average molecular weight is 469 g/mol. The monoisotopic (exact) mass is 468 g/mol. The van der Waals surface area contributed by atoms with Crippen LogP contribution in [0.15, 0.2) is 36.8 Å². The SMILES string of the molecule is Cl.Fc1cc(Nc2ncc3ccc4ncc(C5CCCC5)n4c3n2)ncc1N1CCNCC1.